The van der Waals surface area contributed by atoms with Gasteiger partial charge in [-0.25, -0.2) is 14.4 Å². The molecule has 1 atom stereocenters. The Labute approximate surface area is 165 Å². The SMILES string of the molecule is Cc1nc([C@@H]2CCCCN2CCOc2ccc(F)cc2)ncc1C(=O)N(C)C. The van der Waals surface area contributed by atoms with Crippen LogP contribution in [0.2, 0.25) is 0 Å². The van der Waals surface area contributed by atoms with E-state index < -0.39 is 0 Å². The third kappa shape index (κ3) is 4.84. The fraction of sp³-hybridized carbons (Fsp3) is 0.476. The van der Waals surface area contributed by atoms with Gasteiger partial charge >= 0.3 is 0 Å². The van der Waals surface area contributed by atoms with Crippen LogP contribution in [0, 0.1) is 12.7 Å². The number of ether oxygens (including phenoxy) is 1. The Hall–Kier alpha value is -2.54. The van der Waals surface area contributed by atoms with Crippen molar-refractivity contribution in [3.05, 3.63) is 53.4 Å². The third-order valence-electron chi connectivity index (χ3n) is 5.01. The first-order valence-corrected chi connectivity index (χ1v) is 9.63. The zero-order chi connectivity index (χ0) is 20.1. The van der Waals surface area contributed by atoms with Gasteiger partial charge in [-0.2, -0.15) is 0 Å². The van der Waals surface area contributed by atoms with Crippen molar-refractivity contribution < 1.29 is 13.9 Å². The van der Waals surface area contributed by atoms with Gasteiger partial charge in [0.2, 0.25) is 0 Å². The first kappa shape index (κ1) is 20.2. The molecule has 0 spiro atoms. The Balaban J connectivity index is 1.66. The molecule has 0 saturated carbocycles. The molecule has 1 fully saturated rings. The largest absolute Gasteiger partial charge is 0.492 e. The van der Waals surface area contributed by atoms with Gasteiger partial charge in [-0.05, 0) is 50.6 Å². The number of aryl methyl sites for hydroxylation is 1. The molecule has 1 saturated heterocycles. The lowest BCUT2D eigenvalue weighted by Crippen LogP contribution is -2.37. The van der Waals surface area contributed by atoms with Gasteiger partial charge in [-0.15, -0.1) is 0 Å². The molecule has 150 valence electrons. The Morgan fingerprint density at radius 2 is 2.04 bits per heavy atom. The number of carbonyl (C=O) groups excluding carboxylic acids is 1. The first-order valence-electron chi connectivity index (χ1n) is 9.63. The van der Waals surface area contributed by atoms with Gasteiger partial charge in [0.05, 0.1) is 17.3 Å². The second kappa shape index (κ2) is 9.10. The number of piperidine rings is 1. The molecule has 0 bridgehead atoms. The number of nitrogens with zero attached hydrogens (tertiary/aromatic N) is 4. The highest BCUT2D eigenvalue weighted by molar-refractivity contribution is 5.94. The second-order valence-electron chi connectivity index (χ2n) is 7.28. The van der Waals surface area contributed by atoms with E-state index in [1.54, 1.807) is 32.4 Å². The maximum atomic E-state index is 13.0. The van der Waals surface area contributed by atoms with Crippen LogP contribution >= 0.6 is 0 Å². The predicted molar refractivity (Wildman–Crippen MR) is 105 cm³/mol. The van der Waals surface area contributed by atoms with Crippen LogP contribution in [0.1, 0.15) is 47.2 Å². The zero-order valence-corrected chi connectivity index (χ0v) is 16.7. The van der Waals surface area contributed by atoms with Crippen molar-refractivity contribution in [1.29, 1.82) is 0 Å². The first-order chi connectivity index (χ1) is 13.5. The summed E-state index contributed by atoms with van der Waals surface area (Å²) in [6.07, 6.45) is 4.88. The monoisotopic (exact) mass is 386 g/mol. The normalized spacial score (nSPS) is 17.4. The van der Waals surface area contributed by atoms with Crippen molar-refractivity contribution in [2.24, 2.45) is 0 Å². The molecular weight excluding hydrogens is 359 g/mol. The van der Waals surface area contributed by atoms with Crippen LogP contribution in [0.5, 0.6) is 5.75 Å². The number of amides is 1. The van der Waals surface area contributed by atoms with Gasteiger partial charge in [0, 0.05) is 26.8 Å². The van der Waals surface area contributed by atoms with E-state index in [1.165, 1.54) is 17.0 Å². The lowest BCUT2D eigenvalue weighted by atomic mass is 10.0. The van der Waals surface area contributed by atoms with Crippen LogP contribution in [0.4, 0.5) is 4.39 Å². The maximum absolute atomic E-state index is 13.0. The Morgan fingerprint density at radius 3 is 2.71 bits per heavy atom. The summed E-state index contributed by atoms with van der Waals surface area (Å²) in [5.41, 5.74) is 1.24. The molecule has 7 heteroatoms. The van der Waals surface area contributed by atoms with E-state index in [-0.39, 0.29) is 17.8 Å². The fourth-order valence-electron chi connectivity index (χ4n) is 3.46. The average molecular weight is 386 g/mol. The van der Waals surface area contributed by atoms with Crippen molar-refractivity contribution in [2.75, 3.05) is 33.8 Å². The highest BCUT2D eigenvalue weighted by atomic mass is 19.1. The number of hydrogen-bond donors (Lipinski definition) is 0. The van der Waals surface area contributed by atoms with E-state index in [0.717, 1.165) is 38.2 Å². The quantitative estimate of drug-likeness (QED) is 0.763. The van der Waals surface area contributed by atoms with Gasteiger partial charge < -0.3 is 9.64 Å². The van der Waals surface area contributed by atoms with Crippen LogP contribution in [0.25, 0.3) is 0 Å². The average Bonchev–Trinajstić information content (AvgIpc) is 2.69. The summed E-state index contributed by atoms with van der Waals surface area (Å²) in [5.74, 6) is 1.06. The van der Waals surface area contributed by atoms with Gasteiger partial charge in [-0.3, -0.25) is 9.69 Å². The van der Waals surface area contributed by atoms with Crippen LogP contribution in [-0.4, -0.2) is 59.5 Å². The van der Waals surface area contributed by atoms with Gasteiger partial charge in [0.15, 0.2) is 0 Å². The van der Waals surface area contributed by atoms with Crippen LogP contribution in [-0.2, 0) is 0 Å². The van der Waals surface area contributed by atoms with Crippen molar-refractivity contribution >= 4 is 5.91 Å². The molecule has 6 nitrogen and oxygen atoms in total. The van der Waals surface area contributed by atoms with Crippen LogP contribution < -0.4 is 4.74 Å². The second-order valence-corrected chi connectivity index (χ2v) is 7.28. The molecule has 3 rings (SSSR count). The molecular formula is C21H27FN4O2. The van der Waals surface area contributed by atoms with Crippen molar-refractivity contribution in [3.8, 4) is 5.75 Å². The van der Waals surface area contributed by atoms with E-state index in [4.69, 9.17) is 4.74 Å². The number of hydrogen-bond acceptors (Lipinski definition) is 5. The number of rotatable bonds is 6. The number of likely N-dealkylation sites (tertiary alicyclic amines) is 1. The smallest absolute Gasteiger partial charge is 0.256 e. The highest BCUT2D eigenvalue weighted by Crippen LogP contribution is 2.29. The summed E-state index contributed by atoms with van der Waals surface area (Å²) in [7, 11) is 3.44. The summed E-state index contributed by atoms with van der Waals surface area (Å²) in [4.78, 5) is 25.2. The zero-order valence-electron chi connectivity index (χ0n) is 16.7. The molecule has 2 aromatic rings. The molecule has 0 N–H and O–H groups in total. The molecule has 1 amide bonds. The molecule has 0 radical (unpaired) electrons. The van der Waals surface area contributed by atoms with Crippen LogP contribution in [0.15, 0.2) is 30.5 Å². The van der Waals surface area contributed by atoms with E-state index in [1.807, 2.05) is 6.92 Å². The minimum Gasteiger partial charge on any atom is -0.492 e. The topological polar surface area (TPSA) is 58.6 Å². The predicted octanol–water partition coefficient (Wildman–Crippen LogP) is 3.23. The van der Waals surface area contributed by atoms with Crippen molar-refractivity contribution in [2.45, 2.75) is 32.2 Å². The highest BCUT2D eigenvalue weighted by Gasteiger charge is 2.27. The van der Waals surface area contributed by atoms with E-state index in [9.17, 15) is 9.18 Å². The molecule has 1 aliphatic rings. The lowest BCUT2D eigenvalue weighted by molar-refractivity contribution is 0.0825. The Bertz CT molecular complexity index is 811. The molecule has 28 heavy (non-hydrogen) atoms. The number of benzene rings is 1. The van der Waals surface area contributed by atoms with E-state index in [2.05, 4.69) is 14.9 Å². The summed E-state index contributed by atoms with van der Waals surface area (Å²) >= 11 is 0. The van der Waals surface area contributed by atoms with E-state index in [0.29, 0.717) is 23.6 Å². The Morgan fingerprint density at radius 1 is 1.29 bits per heavy atom. The molecule has 0 unspecified atom stereocenters. The lowest BCUT2D eigenvalue weighted by Gasteiger charge is -2.34. The summed E-state index contributed by atoms with van der Waals surface area (Å²) in [6.45, 7) is 4.06. The molecule has 1 aromatic heterocycles. The third-order valence-corrected chi connectivity index (χ3v) is 5.01. The summed E-state index contributed by atoms with van der Waals surface area (Å²) in [5, 5.41) is 0. The summed E-state index contributed by atoms with van der Waals surface area (Å²) in [6, 6.07) is 6.18. The Kier molecular flexibility index (Phi) is 6.57. The van der Waals surface area contributed by atoms with Gasteiger partial charge in [0.25, 0.3) is 5.91 Å². The van der Waals surface area contributed by atoms with E-state index >= 15 is 0 Å². The van der Waals surface area contributed by atoms with Crippen LogP contribution in [0.3, 0.4) is 0 Å². The van der Waals surface area contributed by atoms with Gasteiger partial charge in [0.1, 0.15) is 24.0 Å². The minimum absolute atomic E-state index is 0.0859. The maximum Gasteiger partial charge on any atom is 0.256 e. The molecule has 1 aromatic carbocycles. The summed E-state index contributed by atoms with van der Waals surface area (Å²) < 4.78 is 18.7. The molecule has 1 aliphatic heterocycles. The van der Waals surface area contributed by atoms with Crippen molar-refractivity contribution in [3.63, 3.8) is 0 Å². The molecule has 0 aliphatic carbocycles. The number of carbonyl (C=O) groups is 1. The van der Waals surface area contributed by atoms with Crippen molar-refractivity contribution in [1.82, 2.24) is 19.8 Å². The van der Waals surface area contributed by atoms with Gasteiger partial charge in [-0.1, -0.05) is 6.42 Å². The standard InChI is InChI=1S/C21H27FN4O2/c1-15-18(21(27)25(2)3)14-23-20(24-15)19-6-4-5-11-26(19)12-13-28-17-9-7-16(22)8-10-17/h7-10,14,19H,4-6,11-13H2,1-3H3/t19-/m0/s1. The molecule has 2 heterocycles. The number of halogens is 1. The number of aromatic nitrogens is 2. The fourth-order valence-corrected chi connectivity index (χ4v) is 3.46. The minimum atomic E-state index is -0.271.